The average Bonchev–Trinajstić information content (AvgIpc) is 3.07. The minimum Gasteiger partial charge on any atom is -0.497 e. The molecule has 28 heavy (non-hydrogen) atoms. The van der Waals surface area contributed by atoms with Crippen LogP contribution < -0.4 is 10.1 Å². The van der Waals surface area contributed by atoms with Crippen LogP contribution in [0.4, 0.5) is 5.13 Å². The first kappa shape index (κ1) is 21.9. The molecule has 0 saturated carbocycles. The molecule has 0 fully saturated rings. The number of nitrogens with one attached hydrogen (secondary N) is 1. The third-order valence-corrected chi connectivity index (χ3v) is 4.79. The number of benzene rings is 1. The number of hydrogen-bond acceptors (Lipinski definition) is 5. The lowest BCUT2D eigenvalue weighted by atomic mass is 10.1. The number of carbonyl (C=O) groups is 2. The van der Waals surface area contributed by atoms with Crippen LogP contribution in [0.3, 0.4) is 0 Å². The van der Waals surface area contributed by atoms with Crippen molar-refractivity contribution >= 4 is 28.3 Å². The van der Waals surface area contributed by atoms with E-state index >= 15 is 0 Å². The average molecular weight is 404 g/mol. The van der Waals surface area contributed by atoms with E-state index in [9.17, 15) is 9.59 Å². The van der Waals surface area contributed by atoms with Gasteiger partial charge in [0.2, 0.25) is 5.91 Å². The molecule has 1 heterocycles. The first-order chi connectivity index (χ1) is 13.3. The summed E-state index contributed by atoms with van der Waals surface area (Å²) in [6, 6.07) is 6.86. The number of rotatable bonds is 9. The summed E-state index contributed by atoms with van der Waals surface area (Å²) in [4.78, 5) is 31.3. The molecule has 0 aliphatic rings. The van der Waals surface area contributed by atoms with E-state index in [4.69, 9.17) is 4.74 Å². The number of ether oxygens (including phenoxy) is 1. The summed E-state index contributed by atoms with van der Waals surface area (Å²) >= 11 is 1.32. The molecule has 2 aromatic rings. The highest BCUT2D eigenvalue weighted by molar-refractivity contribution is 7.14. The van der Waals surface area contributed by atoms with E-state index in [1.165, 1.54) is 11.3 Å². The lowest BCUT2D eigenvalue weighted by Gasteiger charge is -2.26. The summed E-state index contributed by atoms with van der Waals surface area (Å²) in [5, 5.41) is 5.10. The maximum atomic E-state index is 12.7. The third-order valence-electron chi connectivity index (χ3n) is 3.98. The minimum atomic E-state index is -0.240. The topological polar surface area (TPSA) is 71.5 Å². The minimum absolute atomic E-state index is 0.0701. The lowest BCUT2D eigenvalue weighted by molar-refractivity contribution is -0.131. The SMILES string of the molecule is COc1ccc(C(=O)Nc2nc(CC(=O)N(CC(C)C)CC(C)C)cs2)cc1. The van der Waals surface area contributed by atoms with Gasteiger partial charge in [-0.05, 0) is 36.1 Å². The van der Waals surface area contributed by atoms with E-state index in [2.05, 4.69) is 38.0 Å². The lowest BCUT2D eigenvalue weighted by Crippen LogP contribution is -2.38. The molecule has 1 N–H and O–H groups in total. The molecule has 0 aliphatic carbocycles. The van der Waals surface area contributed by atoms with E-state index < -0.39 is 0 Å². The quantitative estimate of drug-likeness (QED) is 0.685. The smallest absolute Gasteiger partial charge is 0.257 e. The molecular formula is C21H29N3O3S. The Balaban J connectivity index is 1.98. The van der Waals surface area contributed by atoms with Gasteiger partial charge in [0.25, 0.3) is 5.91 Å². The van der Waals surface area contributed by atoms with Crippen molar-refractivity contribution in [3.05, 3.63) is 40.9 Å². The maximum Gasteiger partial charge on any atom is 0.257 e. The highest BCUT2D eigenvalue weighted by Crippen LogP contribution is 2.19. The second-order valence-electron chi connectivity index (χ2n) is 7.59. The Kier molecular flexibility index (Phi) is 7.99. The number of carbonyl (C=O) groups excluding carboxylic acids is 2. The van der Waals surface area contributed by atoms with Crippen LogP contribution in [0, 0.1) is 11.8 Å². The molecule has 1 aromatic carbocycles. The van der Waals surface area contributed by atoms with Gasteiger partial charge in [0, 0.05) is 24.0 Å². The van der Waals surface area contributed by atoms with Gasteiger partial charge in [-0.15, -0.1) is 11.3 Å². The molecule has 0 atom stereocenters. The zero-order valence-corrected chi connectivity index (χ0v) is 18.0. The van der Waals surface area contributed by atoms with E-state index in [0.717, 1.165) is 13.1 Å². The van der Waals surface area contributed by atoms with Gasteiger partial charge in [-0.2, -0.15) is 0 Å². The predicted octanol–water partition coefficient (Wildman–Crippen LogP) is 4.09. The summed E-state index contributed by atoms with van der Waals surface area (Å²) in [6.07, 6.45) is 0.244. The number of hydrogen-bond donors (Lipinski definition) is 1. The molecule has 1 aromatic heterocycles. The van der Waals surface area contributed by atoms with Gasteiger partial charge in [-0.1, -0.05) is 27.7 Å². The molecule has 0 spiro atoms. The van der Waals surface area contributed by atoms with Gasteiger partial charge in [0.1, 0.15) is 5.75 Å². The van der Waals surface area contributed by atoms with Crippen molar-refractivity contribution in [2.75, 3.05) is 25.5 Å². The predicted molar refractivity (Wildman–Crippen MR) is 113 cm³/mol. The molecule has 0 radical (unpaired) electrons. The van der Waals surface area contributed by atoms with Crippen molar-refractivity contribution in [3.63, 3.8) is 0 Å². The van der Waals surface area contributed by atoms with Crippen LogP contribution in [0.1, 0.15) is 43.7 Å². The Labute approximate surface area is 170 Å². The summed E-state index contributed by atoms with van der Waals surface area (Å²) in [5.41, 5.74) is 1.20. The second-order valence-corrected chi connectivity index (χ2v) is 8.45. The van der Waals surface area contributed by atoms with Crippen molar-refractivity contribution in [1.82, 2.24) is 9.88 Å². The first-order valence-electron chi connectivity index (χ1n) is 9.46. The van der Waals surface area contributed by atoms with Gasteiger partial charge < -0.3 is 9.64 Å². The van der Waals surface area contributed by atoms with Crippen LogP contribution >= 0.6 is 11.3 Å². The van der Waals surface area contributed by atoms with Crippen molar-refractivity contribution < 1.29 is 14.3 Å². The third kappa shape index (κ3) is 6.64. The van der Waals surface area contributed by atoms with Crippen molar-refractivity contribution in [3.8, 4) is 5.75 Å². The fourth-order valence-electron chi connectivity index (χ4n) is 2.78. The van der Waals surface area contributed by atoms with E-state index in [-0.39, 0.29) is 18.2 Å². The highest BCUT2D eigenvalue weighted by Gasteiger charge is 2.18. The first-order valence-corrected chi connectivity index (χ1v) is 10.3. The zero-order valence-electron chi connectivity index (χ0n) is 17.2. The van der Waals surface area contributed by atoms with Crippen LogP contribution in [0.25, 0.3) is 0 Å². The molecule has 7 heteroatoms. The van der Waals surface area contributed by atoms with Crippen molar-refractivity contribution in [2.45, 2.75) is 34.1 Å². The molecule has 0 saturated heterocycles. The second kappa shape index (κ2) is 10.2. The summed E-state index contributed by atoms with van der Waals surface area (Å²) in [7, 11) is 1.58. The largest absolute Gasteiger partial charge is 0.497 e. The number of aromatic nitrogens is 1. The van der Waals surface area contributed by atoms with Crippen LogP contribution in [0.2, 0.25) is 0 Å². The monoisotopic (exact) mass is 403 g/mol. The van der Waals surface area contributed by atoms with E-state index in [1.807, 2.05) is 10.3 Å². The zero-order chi connectivity index (χ0) is 20.7. The Morgan fingerprint density at radius 2 is 1.71 bits per heavy atom. The van der Waals surface area contributed by atoms with E-state index in [1.54, 1.807) is 31.4 Å². The van der Waals surface area contributed by atoms with Crippen molar-refractivity contribution in [2.24, 2.45) is 11.8 Å². The number of thiazole rings is 1. The molecule has 0 bridgehead atoms. The number of anilines is 1. The molecule has 6 nitrogen and oxygen atoms in total. The molecule has 152 valence electrons. The Morgan fingerprint density at radius 1 is 1.11 bits per heavy atom. The number of nitrogens with zero attached hydrogens (tertiary/aromatic N) is 2. The van der Waals surface area contributed by atoms with Gasteiger partial charge in [-0.3, -0.25) is 14.9 Å². The van der Waals surface area contributed by atoms with Crippen LogP contribution in [-0.2, 0) is 11.2 Å². The maximum absolute atomic E-state index is 12.7. The highest BCUT2D eigenvalue weighted by atomic mass is 32.1. The van der Waals surface area contributed by atoms with Gasteiger partial charge in [-0.25, -0.2) is 4.98 Å². The molecule has 0 aliphatic heterocycles. The normalized spacial score (nSPS) is 11.0. The van der Waals surface area contributed by atoms with Crippen molar-refractivity contribution in [1.29, 1.82) is 0 Å². The van der Waals surface area contributed by atoms with Gasteiger partial charge >= 0.3 is 0 Å². The molecule has 0 unspecified atom stereocenters. The van der Waals surface area contributed by atoms with Gasteiger partial charge in [0.15, 0.2) is 5.13 Å². The van der Waals surface area contributed by atoms with E-state index in [0.29, 0.717) is 34.0 Å². The molecule has 2 rings (SSSR count). The summed E-state index contributed by atoms with van der Waals surface area (Å²) < 4.78 is 5.10. The fourth-order valence-corrected chi connectivity index (χ4v) is 3.49. The van der Waals surface area contributed by atoms with Crippen LogP contribution in [0.15, 0.2) is 29.6 Å². The van der Waals surface area contributed by atoms with Crippen LogP contribution in [-0.4, -0.2) is 41.9 Å². The summed E-state index contributed by atoms with van der Waals surface area (Å²) in [6.45, 7) is 9.91. The summed E-state index contributed by atoms with van der Waals surface area (Å²) in [5.74, 6) is 1.35. The molecule has 2 amide bonds. The Morgan fingerprint density at radius 3 is 2.25 bits per heavy atom. The van der Waals surface area contributed by atoms with Gasteiger partial charge in [0.05, 0.1) is 19.2 Å². The fraction of sp³-hybridized carbons (Fsp3) is 0.476. The number of amides is 2. The number of methoxy groups -OCH3 is 1. The Bertz CT molecular complexity index is 774. The molecular weight excluding hydrogens is 374 g/mol. The Hall–Kier alpha value is -2.41. The standard InChI is InChI=1S/C21H29N3O3S/c1-14(2)11-24(12-15(3)4)19(25)10-17-13-28-21(22-17)23-20(26)16-6-8-18(27-5)9-7-16/h6-9,13-15H,10-12H2,1-5H3,(H,22,23,26). The van der Waals surface area contributed by atoms with Crippen LogP contribution in [0.5, 0.6) is 5.75 Å².